The lowest BCUT2D eigenvalue weighted by Crippen LogP contribution is -2.56. The number of aliphatic carboxylic acids is 1. The molecule has 3 rings (SSSR count). The fourth-order valence-electron chi connectivity index (χ4n) is 4.34. The maximum Gasteiger partial charge on any atom is 0.411 e. The number of carboxylic acid groups (broad SMARTS) is 1. The number of piperidine rings is 1. The highest BCUT2D eigenvalue weighted by molar-refractivity contribution is 5.80. The maximum atomic E-state index is 13.4. The van der Waals surface area contributed by atoms with E-state index in [1.807, 2.05) is 6.07 Å². The van der Waals surface area contributed by atoms with Gasteiger partial charge < -0.3 is 14.6 Å². The van der Waals surface area contributed by atoms with Crippen molar-refractivity contribution in [1.29, 1.82) is 5.26 Å². The van der Waals surface area contributed by atoms with Crippen molar-refractivity contribution in [3.8, 4) is 11.8 Å². The van der Waals surface area contributed by atoms with Crippen molar-refractivity contribution in [2.24, 2.45) is 11.8 Å². The average Bonchev–Trinajstić information content (AvgIpc) is 2.66. The van der Waals surface area contributed by atoms with Gasteiger partial charge in [-0.15, -0.1) is 0 Å². The van der Waals surface area contributed by atoms with Crippen LogP contribution in [0.4, 0.5) is 9.18 Å². The summed E-state index contributed by atoms with van der Waals surface area (Å²) in [4.78, 5) is 25.7. The van der Waals surface area contributed by atoms with Crippen molar-refractivity contribution >= 4 is 12.1 Å². The number of rotatable bonds is 3. The first-order chi connectivity index (χ1) is 14.1. The minimum atomic E-state index is -1.05. The van der Waals surface area contributed by atoms with Crippen molar-refractivity contribution in [2.45, 2.75) is 64.2 Å². The van der Waals surface area contributed by atoms with E-state index in [0.29, 0.717) is 31.6 Å². The van der Waals surface area contributed by atoms with Crippen LogP contribution in [-0.4, -0.2) is 46.4 Å². The molecule has 1 aliphatic carbocycles. The van der Waals surface area contributed by atoms with E-state index >= 15 is 0 Å². The second-order valence-electron chi connectivity index (χ2n) is 9.05. The van der Waals surface area contributed by atoms with E-state index in [4.69, 9.17) is 9.47 Å². The Hall–Kier alpha value is -2.82. The van der Waals surface area contributed by atoms with Crippen molar-refractivity contribution < 1.29 is 28.6 Å². The molecule has 1 N–H and O–H groups in total. The van der Waals surface area contributed by atoms with E-state index in [1.165, 1.54) is 17.0 Å². The number of nitrogens with zero attached hydrogens (tertiary/aromatic N) is 2. The van der Waals surface area contributed by atoms with Gasteiger partial charge in [-0.25, -0.2) is 14.0 Å². The van der Waals surface area contributed by atoms with Gasteiger partial charge in [0.05, 0.1) is 11.7 Å². The molecule has 8 heteroatoms. The second-order valence-corrected chi connectivity index (χ2v) is 9.05. The van der Waals surface area contributed by atoms with Gasteiger partial charge >= 0.3 is 12.1 Å². The number of amides is 1. The summed E-state index contributed by atoms with van der Waals surface area (Å²) in [6.07, 6.45) is 1.64. The number of carbonyl (C=O) groups is 2. The third-order valence-corrected chi connectivity index (χ3v) is 5.69. The van der Waals surface area contributed by atoms with Crippen LogP contribution in [0.1, 0.15) is 52.0 Å². The number of ether oxygens (including phenoxy) is 2. The largest absolute Gasteiger partial charge is 0.489 e. The van der Waals surface area contributed by atoms with Gasteiger partial charge in [-0.05, 0) is 76.5 Å². The molecule has 1 aliphatic heterocycles. The predicted octanol–water partition coefficient (Wildman–Crippen LogP) is 3.96. The zero-order valence-electron chi connectivity index (χ0n) is 17.4. The average molecular weight is 418 g/mol. The number of nitriles is 1. The van der Waals surface area contributed by atoms with Crippen LogP contribution < -0.4 is 4.74 Å². The van der Waals surface area contributed by atoms with Crippen molar-refractivity contribution in [1.82, 2.24) is 4.90 Å². The van der Waals surface area contributed by atoms with Gasteiger partial charge in [0.1, 0.15) is 29.3 Å². The van der Waals surface area contributed by atoms with E-state index in [0.717, 1.165) is 12.5 Å². The molecule has 0 radical (unpaired) electrons. The highest BCUT2D eigenvalue weighted by Crippen LogP contribution is 2.40. The third kappa shape index (κ3) is 5.02. The molecule has 162 valence electrons. The Kier molecular flexibility index (Phi) is 6.20. The van der Waals surface area contributed by atoms with Crippen LogP contribution in [0.2, 0.25) is 0 Å². The zero-order valence-corrected chi connectivity index (χ0v) is 17.4. The summed E-state index contributed by atoms with van der Waals surface area (Å²) < 4.78 is 24.7. The van der Waals surface area contributed by atoms with Crippen LogP contribution in [0, 0.1) is 29.0 Å². The number of hydrogen-bond donors (Lipinski definition) is 1. The Balaban J connectivity index is 1.70. The lowest BCUT2D eigenvalue weighted by atomic mass is 9.72. The molecule has 0 bridgehead atoms. The molecule has 4 atom stereocenters. The summed E-state index contributed by atoms with van der Waals surface area (Å²) in [5.74, 6) is -0.969. The van der Waals surface area contributed by atoms with Gasteiger partial charge in [0.25, 0.3) is 0 Å². The van der Waals surface area contributed by atoms with Crippen LogP contribution in [0.15, 0.2) is 18.2 Å². The van der Waals surface area contributed by atoms with Gasteiger partial charge in [-0.1, -0.05) is 0 Å². The van der Waals surface area contributed by atoms with E-state index in [1.54, 1.807) is 20.8 Å². The number of hydrogen-bond acceptors (Lipinski definition) is 5. The summed E-state index contributed by atoms with van der Waals surface area (Å²) in [5, 5.41) is 18.9. The Morgan fingerprint density at radius 1 is 1.23 bits per heavy atom. The molecule has 1 saturated carbocycles. The molecule has 1 amide bonds. The summed E-state index contributed by atoms with van der Waals surface area (Å²) in [6, 6.07) is 4.84. The van der Waals surface area contributed by atoms with Gasteiger partial charge in [-0.2, -0.15) is 5.26 Å². The minimum Gasteiger partial charge on any atom is -0.489 e. The number of fused-ring (bicyclic) bond motifs is 1. The maximum absolute atomic E-state index is 13.4. The van der Waals surface area contributed by atoms with E-state index < -0.39 is 29.5 Å². The monoisotopic (exact) mass is 418 g/mol. The lowest BCUT2D eigenvalue weighted by Gasteiger charge is -2.46. The fraction of sp³-hybridized carbons (Fsp3) is 0.591. The Morgan fingerprint density at radius 3 is 2.60 bits per heavy atom. The molecule has 2 aliphatic rings. The van der Waals surface area contributed by atoms with Crippen LogP contribution in [0.3, 0.4) is 0 Å². The highest BCUT2D eigenvalue weighted by Gasteiger charge is 2.45. The van der Waals surface area contributed by atoms with E-state index in [9.17, 15) is 24.3 Å². The van der Waals surface area contributed by atoms with Gasteiger partial charge in [0.2, 0.25) is 0 Å². The van der Waals surface area contributed by atoms with E-state index in [2.05, 4.69) is 0 Å². The summed E-state index contributed by atoms with van der Waals surface area (Å²) >= 11 is 0. The predicted molar refractivity (Wildman–Crippen MR) is 105 cm³/mol. The zero-order chi connectivity index (χ0) is 22.1. The highest BCUT2D eigenvalue weighted by atomic mass is 19.1. The second kappa shape index (κ2) is 8.50. The molecule has 1 aromatic rings. The third-order valence-electron chi connectivity index (χ3n) is 5.69. The minimum absolute atomic E-state index is 0.0783. The van der Waals surface area contributed by atoms with Crippen LogP contribution in [0.5, 0.6) is 5.75 Å². The summed E-state index contributed by atoms with van der Waals surface area (Å²) in [7, 11) is 0. The quantitative estimate of drug-likeness (QED) is 0.798. The van der Waals surface area contributed by atoms with Crippen molar-refractivity contribution in [3.05, 3.63) is 29.6 Å². The summed E-state index contributed by atoms with van der Waals surface area (Å²) in [5.41, 5.74) is -0.559. The topological polar surface area (TPSA) is 99.9 Å². The Labute approximate surface area is 175 Å². The normalized spacial score (nSPS) is 26.3. The number of halogens is 1. The molecule has 1 aromatic carbocycles. The van der Waals surface area contributed by atoms with Crippen molar-refractivity contribution in [3.63, 3.8) is 0 Å². The molecule has 0 aromatic heterocycles. The van der Waals surface area contributed by atoms with Crippen LogP contribution in [0.25, 0.3) is 0 Å². The fourth-order valence-corrected chi connectivity index (χ4v) is 4.34. The SMILES string of the molecule is CC(C)(C)OC(=O)N1C[C@@H]2CC[C@H](Oc3ccc(F)cc3C#N)C[C@H]2C[C@H]1C(=O)O. The number of carboxylic acids is 1. The molecular formula is C22H27FN2O5. The number of carbonyl (C=O) groups excluding carboxylic acids is 1. The standard InChI is InChI=1S/C22H27FN2O5/c1-22(2,3)30-21(28)25-12-13-4-6-17(9-14(13)10-18(25)20(26)27)29-19-7-5-16(23)8-15(19)11-24/h5,7-8,13-14,17-18H,4,6,9-10,12H2,1-3H3,(H,26,27)/t13-,14-,17-,18-/m0/s1. The first-order valence-electron chi connectivity index (χ1n) is 10.2. The van der Waals surface area contributed by atoms with Crippen molar-refractivity contribution in [2.75, 3.05) is 6.54 Å². The molecule has 0 spiro atoms. The van der Waals surface area contributed by atoms with Crippen LogP contribution in [-0.2, 0) is 9.53 Å². The Morgan fingerprint density at radius 2 is 1.97 bits per heavy atom. The first-order valence-corrected chi connectivity index (χ1v) is 10.2. The molecule has 1 saturated heterocycles. The Bertz CT molecular complexity index is 860. The number of likely N-dealkylation sites (tertiary alicyclic amines) is 1. The lowest BCUT2D eigenvalue weighted by molar-refractivity contribution is -0.147. The van der Waals surface area contributed by atoms with Gasteiger partial charge in [-0.3, -0.25) is 4.90 Å². The van der Waals surface area contributed by atoms with Crippen LogP contribution >= 0.6 is 0 Å². The van der Waals surface area contributed by atoms with Gasteiger partial charge in [0.15, 0.2) is 0 Å². The molecule has 1 heterocycles. The summed E-state index contributed by atoms with van der Waals surface area (Å²) in [6.45, 7) is 5.59. The number of benzene rings is 1. The van der Waals surface area contributed by atoms with E-state index in [-0.39, 0.29) is 23.5 Å². The molecule has 30 heavy (non-hydrogen) atoms. The molecular weight excluding hydrogens is 391 g/mol. The first kappa shape index (κ1) is 21.9. The molecule has 2 fully saturated rings. The van der Waals surface area contributed by atoms with Gasteiger partial charge in [0, 0.05) is 6.54 Å². The smallest absolute Gasteiger partial charge is 0.411 e. The molecule has 7 nitrogen and oxygen atoms in total. The molecule has 0 unspecified atom stereocenters.